The van der Waals surface area contributed by atoms with Crippen LogP contribution in [0.1, 0.15) is 79.1 Å². The molecule has 2 unspecified atom stereocenters. The van der Waals surface area contributed by atoms with Gasteiger partial charge in [-0.2, -0.15) is 0 Å². The molecule has 1 aromatic rings. The van der Waals surface area contributed by atoms with Crippen LogP contribution in [0.15, 0.2) is 24.3 Å². The van der Waals surface area contributed by atoms with Crippen molar-refractivity contribution in [1.82, 2.24) is 0 Å². The van der Waals surface area contributed by atoms with Gasteiger partial charge in [0.05, 0.1) is 0 Å². The van der Waals surface area contributed by atoms with Crippen LogP contribution in [-0.4, -0.2) is 13.1 Å². The summed E-state index contributed by atoms with van der Waals surface area (Å²) in [6, 6.07) is 8.84. The number of benzene rings is 1. The zero-order chi connectivity index (χ0) is 17.6. The molecule has 0 radical (unpaired) electrons. The Bertz CT molecular complexity index is 360. The lowest BCUT2D eigenvalue weighted by atomic mass is 9.99. The highest BCUT2D eigenvalue weighted by atomic mass is 14.9. The van der Waals surface area contributed by atoms with Gasteiger partial charge in [-0.3, -0.25) is 0 Å². The van der Waals surface area contributed by atoms with Gasteiger partial charge in [-0.05, 0) is 48.9 Å². The van der Waals surface area contributed by atoms with Crippen molar-refractivity contribution in [3.8, 4) is 0 Å². The van der Waals surface area contributed by atoms with Crippen LogP contribution in [0.5, 0.6) is 0 Å². The molecule has 24 heavy (non-hydrogen) atoms. The predicted octanol–water partition coefficient (Wildman–Crippen LogP) is 6.94. The third-order valence-corrected chi connectivity index (χ3v) is 5.16. The van der Waals surface area contributed by atoms with Crippen molar-refractivity contribution in [2.24, 2.45) is 11.8 Å². The predicted molar refractivity (Wildman–Crippen MR) is 110 cm³/mol. The van der Waals surface area contributed by atoms with Crippen LogP contribution in [0.25, 0.3) is 0 Å². The van der Waals surface area contributed by atoms with E-state index in [2.05, 4.69) is 62.6 Å². The first-order valence-electron chi connectivity index (χ1n) is 10.3. The first-order valence-corrected chi connectivity index (χ1v) is 10.3. The molecule has 0 saturated carbocycles. The Hall–Kier alpha value is -1.18. The molecule has 2 nitrogen and oxygen atoms in total. The first kappa shape index (κ1) is 20.9. The molecular weight excluding hydrogens is 292 g/mol. The maximum atomic E-state index is 3.61. The van der Waals surface area contributed by atoms with Crippen LogP contribution < -0.4 is 10.6 Å². The van der Waals surface area contributed by atoms with Gasteiger partial charge in [0, 0.05) is 24.5 Å². The van der Waals surface area contributed by atoms with Crippen molar-refractivity contribution in [3.63, 3.8) is 0 Å². The number of nitrogens with one attached hydrogen (secondary N) is 2. The van der Waals surface area contributed by atoms with E-state index in [1.807, 2.05) is 0 Å². The second-order valence-corrected chi connectivity index (χ2v) is 7.17. The van der Waals surface area contributed by atoms with Crippen molar-refractivity contribution in [2.75, 3.05) is 23.7 Å². The summed E-state index contributed by atoms with van der Waals surface area (Å²) in [6.07, 6.45) is 10.5. The lowest BCUT2D eigenvalue weighted by Crippen LogP contribution is -2.14. The molecule has 0 spiro atoms. The third kappa shape index (κ3) is 8.61. The molecule has 0 aliphatic heterocycles. The molecule has 0 amide bonds. The summed E-state index contributed by atoms with van der Waals surface area (Å²) < 4.78 is 0. The molecule has 0 bridgehead atoms. The smallest absolute Gasteiger partial charge is 0.0341 e. The van der Waals surface area contributed by atoms with E-state index in [0.29, 0.717) is 0 Å². The van der Waals surface area contributed by atoms with Crippen molar-refractivity contribution < 1.29 is 0 Å². The van der Waals surface area contributed by atoms with E-state index >= 15 is 0 Å². The molecule has 1 rings (SSSR count). The second-order valence-electron chi connectivity index (χ2n) is 7.17. The Morgan fingerprint density at radius 1 is 0.667 bits per heavy atom. The highest BCUT2D eigenvalue weighted by molar-refractivity contribution is 5.53. The number of rotatable bonds is 14. The zero-order valence-corrected chi connectivity index (χ0v) is 16.5. The minimum atomic E-state index is 0.798. The maximum Gasteiger partial charge on any atom is 0.0341 e. The minimum Gasteiger partial charge on any atom is -0.385 e. The molecule has 138 valence electrons. The highest BCUT2D eigenvalue weighted by Gasteiger charge is 2.07. The van der Waals surface area contributed by atoms with Crippen LogP contribution in [-0.2, 0) is 0 Å². The Balaban J connectivity index is 2.36. The average molecular weight is 333 g/mol. The van der Waals surface area contributed by atoms with E-state index in [4.69, 9.17) is 0 Å². The number of anilines is 2. The van der Waals surface area contributed by atoms with Gasteiger partial charge in [-0.1, -0.05) is 66.2 Å². The standard InChI is InChI=1S/C22H40N2/c1-5-9-11-19(7-3)17-23-21-13-15-22(16-14-21)24-18-20(8-4)12-10-6-2/h13-16,19-20,23-24H,5-12,17-18H2,1-4H3. The van der Waals surface area contributed by atoms with Crippen LogP contribution in [0.2, 0.25) is 0 Å². The van der Waals surface area contributed by atoms with Gasteiger partial charge in [0.2, 0.25) is 0 Å². The molecule has 0 aromatic heterocycles. The summed E-state index contributed by atoms with van der Waals surface area (Å²) in [5.41, 5.74) is 2.49. The number of hydrogen-bond acceptors (Lipinski definition) is 2. The lowest BCUT2D eigenvalue weighted by Gasteiger charge is -2.18. The monoisotopic (exact) mass is 332 g/mol. The van der Waals surface area contributed by atoms with E-state index in [1.54, 1.807) is 0 Å². The molecule has 0 aliphatic rings. The van der Waals surface area contributed by atoms with Crippen LogP contribution >= 0.6 is 0 Å². The molecule has 0 fully saturated rings. The van der Waals surface area contributed by atoms with E-state index in [9.17, 15) is 0 Å². The number of unbranched alkanes of at least 4 members (excludes halogenated alkanes) is 2. The summed E-state index contributed by atoms with van der Waals surface area (Å²) in [5, 5.41) is 7.22. The zero-order valence-electron chi connectivity index (χ0n) is 16.5. The van der Waals surface area contributed by atoms with E-state index in [1.165, 1.54) is 62.7 Å². The van der Waals surface area contributed by atoms with Crippen LogP contribution in [0.4, 0.5) is 11.4 Å². The summed E-state index contributed by atoms with van der Waals surface area (Å²) in [7, 11) is 0. The fraction of sp³-hybridized carbons (Fsp3) is 0.727. The maximum absolute atomic E-state index is 3.61. The van der Waals surface area contributed by atoms with Gasteiger partial charge in [0.25, 0.3) is 0 Å². The Morgan fingerprint density at radius 2 is 1.04 bits per heavy atom. The van der Waals surface area contributed by atoms with Gasteiger partial charge < -0.3 is 10.6 Å². The minimum absolute atomic E-state index is 0.798. The molecule has 2 N–H and O–H groups in total. The molecule has 2 heteroatoms. The normalized spacial score (nSPS) is 13.5. The third-order valence-electron chi connectivity index (χ3n) is 5.16. The highest BCUT2D eigenvalue weighted by Crippen LogP contribution is 2.18. The van der Waals surface area contributed by atoms with Gasteiger partial charge >= 0.3 is 0 Å². The summed E-state index contributed by atoms with van der Waals surface area (Å²) in [6.45, 7) is 11.3. The summed E-state index contributed by atoms with van der Waals surface area (Å²) in [4.78, 5) is 0. The van der Waals surface area contributed by atoms with E-state index in [-0.39, 0.29) is 0 Å². The molecule has 0 saturated heterocycles. The molecule has 1 aromatic carbocycles. The van der Waals surface area contributed by atoms with Crippen molar-refractivity contribution >= 4 is 11.4 Å². The van der Waals surface area contributed by atoms with Crippen LogP contribution in [0, 0.1) is 11.8 Å². The Morgan fingerprint density at radius 3 is 1.33 bits per heavy atom. The van der Waals surface area contributed by atoms with E-state index < -0.39 is 0 Å². The van der Waals surface area contributed by atoms with E-state index in [0.717, 1.165) is 24.9 Å². The first-order chi connectivity index (χ1) is 11.7. The molecule has 0 heterocycles. The van der Waals surface area contributed by atoms with Gasteiger partial charge in [-0.15, -0.1) is 0 Å². The Kier molecular flexibility index (Phi) is 11.4. The summed E-state index contributed by atoms with van der Waals surface area (Å²) >= 11 is 0. The topological polar surface area (TPSA) is 24.1 Å². The fourth-order valence-corrected chi connectivity index (χ4v) is 3.12. The van der Waals surface area contributed by atoms with Gasteiger partial charge in [-0.25, -0.2) is 0 Å². The van der Waals surface area contributed by atoms with Gasteiger partial charge in [0.1, 0.15) is 0 Å². The average Bonchev–Trinajstić information content (AvgIpc) is 2.63. The molecule has 2 atom stereocenters. The fourth-order valence-electron chi connectivity index (χ4n) is 3.12. The molecule has 0 aliphatic carbocycles. The van der Waals surface area contributed by atoms with Crippen LogP contribution in [0.3, 0.4) is 0 Å². The van der Waals surface area contributed by atoms with Crippen molar-refractivity contribution in [1.29, 1.82) is 0 Å². The largest absolute Gasteiger partial charge is 0.385 e. The number of hydrogen-bond donors (Lipinski definition) is 2. The quantitative estimate of drug-likeness (QED) is 0.385. The van der Waals surface area contributed by atoms with Gasteiger partial charge in [0.15, 0.2) is 0 Å². The summed E-state index contributed by atoms with van der Waals surface area (Å²) in [5.74, 6) is 1.60. The Labute approximate surface area is 150 Å². The lowest BCUT2D eigenvalue weighted by molar-refractivity contribution is 0.472. The SMILES string of the molecule is CCCCC(CC)CNc1ccc(NCC(CC)CCCC)cc1. The second kappa shape index (κ2) is 13.1. The van der Waals surface area contributed by atoms with Crippen molar-refractivity contribution in [2.45, 2.75) is 79.1 Å². The molecular formula is C22H40N2. The van der Waals surface area contributed by atoms with Crippen molar-refractivity contribution in [3.05, 3.63) is 24.3 Å².